The Morgan fingerprint density at radius 3 is 2.18 bits per heavy atom. The Kier molecular flexibility index (Phi) is 5.46. The molecule has 0 heterocycles. The molecular formula is C8H19NO2. The van der Waals surface area contributed by atoms with Gasteiger partial charge in [0, 0.05) is 7.11 Å². The van der Waals surface area contributed by atoms with Gasteiger partial charge >= 0.3 is 0 Å². The third-order valence-corrected chi connectivity index (χ3v) is 1.60. The van der Waals surface area contributed by atoms with E-state index in [9.17, 15) is 0 Å². The molecule has 2 N–H and O–H groups in total. The molecule has 0 radical (unpaired) electrons. The largest absolute Gasteiger partial charge is 0.380 e. The maximum absolute atomic E-state index is 5.73. The normalized spacial score (nSPS) is 16.9. The molecule has 11 heavy (non-hydrogen) atoms. The Labute approximate surface area is 68.9 Å². The summed E-state index contributed by atoms with van der Waals surface area (Å²) in [6.07, 6.45) is 0.304. The molecule has 0 bridgehead atoms. The lowest BCUT2D eigenvalue weighted by atomic mass is 10.2. The van der Waals surface area contributed by atoms with E-state index in [-0.39, 0.29) is 18.2 Å². The predicted molar refractivity (Wildman–Crippen MR) is 45.5 cm³/mol. The van der Waals surface area contributed by atoms with Gasteiger partial charge in [-0.15, -0.1) is 0 Å². The van der Waals surface area contributed by atoms with Crippen molar-refractivity contribution in [3.05, 3.63) is 0 Å². The highest BCUT2D eigenvalue weighted by atomic mass is 16.5. The third kappa shape index (κ3) is 5.18. The first-order valence-electron chi connectivity index (χ1n) is 3.98. The smallest absolute Gasteiger partial charge is 0.0716 e. The Morgan fingerprint density at radius 1 is 1.27 bits per heavy atom. The third-order valence-electron chi connectivity index (χ3n) is 1.60. The monoisotopic (exact) mass is 161 g/mol. The quantitative estimate of drug-likeness (QED) is 0.648. The van der Waals surface area contributed by atoms with E-state index in [4.69, 9.17) is 15.2 Å². The van der Waals surface area contributed by atoms with Crippen molar-refractivity contribution in [1.82, 2.24) is 0 Å². The van der Waals surface area contributed by atoms with Gasteiger partial charge in [0.25, 0.3) is 0 Å². The summed E-state index contributed by atoms with van der Waals surface area (Å²) in [4.78, 5) is 0. The van der Waals surface area contributed by atoms with Gasteiger partial charge in [-0.25, -0.2) is 0 Å². The summed E-state index contributed by atoms with van der Waals surface area (Å²) >= 11 is 0. The Bertz CT molecular complexity index is 96.1. The minimum absolute atomic E-state index is 0.0256. The maximum atomic E-state index is 5.73. The zero-order chi connectivity index (χ0) is 8.85. The average Bonchev–Trinajstić information content (AvgIpc) is 1.98. The number of methoxy groups -OCH3 is 1. The number of hydrogen-bond donors (Lipinski definition) is 1. The minimum atomic E-state index is -0.0256. The van der Waals surface area contributed by atoms with E-state index in [1.165, 1.54) is 0 Å². The molecule has 0 aliphatic carbocycles. The van der Waals surface area contributed by atoms with Crippen molar-refractivity contribution in [2.75, 3.05) is 13.7 Å². The van der Waals surface area contributed by atoms with Crippen molar-refractivity contribution >= 4 is 0 Å². The first kappa shape index (κ1) is 10.9. The predicted octanol–water partition coefficient (Wildman–Crippen LogP) is 0.774. The molecule has 0 saturated carbocycles. The van der Waals surface area contributed by atoms with Gasteiger partial charge in [-0.2, -0.15) is 0 Å². The highest BCUT2D eigenvalue weighted by Crippen LogP contribution is 1.97. The van der Waals surface area contributed by atoms with Crippen LogP contribution in [-0.2, 0) is 9.47 Å². The summed E-state index contributed by atoms with van der Waals surface area (Å²) in [6.45, 7) is 6.48. The number of hydrogen-bond acceptors (Lipinski definition) is 3. The number of rotatable bonds is 5. The van der Waals surface area contributed by atoms with Crippen LogP contribution in [-0.4, -0.2) is 32.0 Å². The van der Waals surface area contributed by atoms with Gasteiger partial charge in [0.2, 0.25) is 0 Å². The van der Waals surface area contributed by atoms with Gasteiger partial charge in [0.05, 0.1) is 24.9 Å². The van der Waals surface area contributed by atoms with Crippen molar-refractivity contribution in [1.29, 1.82) is 0 Å². The maximum Gasteiger partial charge on any atom is 0.0716 e. The van der Waals surface area contributed by atoms with Crippen LogP contribution in [0, 0.1) is 0 Å². The number of nitrogens with two attached hydrogens (primary N) is 1. The second-order valence-corrected chi connectivity index (χ2v) is 2.99. The Morgan fingerprint density at radius 2 is 1.82 bits per heavy atom. The molecule has 0 fully saturated rings. The van der Waals surface area contributed by atoms with Gasteiger partial charge in [-0.1, -0.05) is 0 Å². The van der Waals surface area contributed by atoms with Crippen LogP contribution < -0.4 is 5.73 Å². The van der Waals surface area contributed by atoms with Crippen molar-refractivity contribution in [3.63, 3.8) is 0 Å². The summed E-state index contributed by atoms with van der Waals surface area (Å²) in [6, 6.07) is -0.0256. The Balaban J connectivity index is 3.43. The molecule has 0 aliphatic rings. The standard InChI is InChI=1S/C8H19NO2/c1-6(2)11-5-8(9)7(3)10-4/h6-8H,5,9H2,1-4H3. The molecular weight excluding hydrogens is 142 g/mol. The van der Waals surface area contributed by atoms with Crippen LogP contribution in [0.25, 0.3) is 0 Å². The molecule has 0 aromatic heterocycles. The van der Waals surface area contributed by atoms with Crippen molar-refractivity contribution in [3.8, 4) is 0 Å². The van der Waals surface area contributed by atoms with E-state index < -0.39 is 0 Å². The molecule has 0 aromatic carbocycles. The summed E-state index contributed by atoms with van der Waals surface area (Å²) in [7, 11) is 1.65. The lowest BCUT2D eigenvalue weighted by Gasteiger charge is -2.19. The van der Waals surface area contributed by atoms with Crippen LogP contribution in [0.4, 0.5) is 0 Å². The van der Waals surface area contributed by atoms with Gasteiger partial charge in [-0.3, -0.25) is 0 Å². The SMILES string of the molecule is COC(C)C(N)COC(C)C. The van der Waals surface area contributed by atoms with Crippen molar-refractivity contribution in [2.24, 2.45) is 5.73 Å². The Hall–Kier alpha value is -0.120. The van der Waals surface area contributed by atoms with Crippen LogP contribution in [0.5, 0.6) is 0 Å². The lowest BCUT2D eigenvalue weighted by Crippen LogP contribution is -2.38. The minimum Gasteiger partial charge on any atom is -0.380 e. The molecule has 0 aliphatic heterocycles. The molecule has 2 unspecified atom stereocenters. The van der Waals surface area contributed by atoms with Crippen molar-refractivity contribution < 1.29 is 9.47 Å². The van der Waals surface area contributed by atoms with E-state index in [1.54, 1.807) is 7.11 Å². The van der Waals surface area contributed by atoms with Crippen molar-refractivity contribution in [2.45, 2.75) is 39.0 Å². The molecule has 3 heteroatoms. The fourth-order valence-corrected chi connectivity index (χ4v) is 0.614. The summed E-state index contributed by atoms with van der Waals surface area (Å²) < 4.78 is 10.4. The molecule has 0 amide bonds. The lowest BCUT2D eigenvalue weighted by molar-refractivity contribution is 0.0204. The first-order chi connectivity index (χ1) is 5.07. The molecule has 2 atom stereocenters. The van der Waals surface area contributed by atoms with Gasteiger partial charge in [0.1, 0.15) is 0 Å². The van der Waals surface area contributed by atoms with Crippen LogP contribution in [0.15, 0.2) is 0 Å². The van der Waals surface area contributed by atoms with Crippen LogP contribution >= 0.6 is 0 Å². The summed E-state index contributed by atoms with van der Waals surface area (Å²) in [5, 5.41) is 0. The molecule has 0 saturated heterocycles. The molecule has 3 nitrogen and oxygen atoms in total. The number of ether oxygens (including phenoxy) is 2. The van der Waals surface area contributed by atoms with E-state index in [0.29, 0.717) is 6.61 Å². The van der Waals surface area contributed by atoms with Crippen LogP contribution in [0.2, 0.25) is 0 Å². The molecule has 0 spiro atoms. The van der Waals surface area contributed by atoms with Gasteiger partial charge in [0.15, 0.2) is 0 Å². The fraction of sp³-hybridized carbons (Fsp3) is 1.00. The average molecular weight is 161 g/mol. The van der Waals surface area contributed by atoms with Crippen LogP contribution in [0.1, 0.15) is 20.8 Å². The highest BCUT2D eigenvalue weighted by molar-refractivity contribution is 4.67. The summed E-state index contributed by atoms with van der Waals surface area (Å²) in [5.74, 6) is 0. The molecule has 0 rings (SSSR count). The second kappa shape index (κ2) is 5.52. The van der Waals surface area contributed by atoms with E-state index >= 15 is 0 Å². The topological polar surface area (TPSA) is 44.5 Å². The molecule has 68 valence electrons. The highest BCUT2D eigenvalue weighted by Gasteiger charge is 2.11. The summed E-state index contributed by atoms with van der Waals surface area (Å²) in [5.41, 5.74) is 5.73. The van der Waals surface area contributed by atoms with Crippen LogP contribution in [0.3, 0.4) is 0 Å². The van der Waals surface area contributed by atoms with E-state index in [1.807, 2.05) is 20.8 Å². The first-order valence-corrected chi connectivity index (χ1v) is 3.98. The molecule has 0 aromatic rings. The van der Waals surface area contributed by atoms with E-state index in [0.717, 1.165) is 0 Å². The van der Waals surface area contributed by atoms with Gasteiger partial charge < -0.3 is 15.2 Å². The second-order valence-electron chi connectivity index (χ2n) is 2.99. The zero-order valence-corrected chi connectivity index (χ0v) is 7.83. The fourth-order valence-electron chi connectivity index (χ4n) is 0.614. The van der Waals surface area contributed by atoms with E-state index in [2.05, 4.69) is 0 Å². The zero-order valence-electron chi connectivity index (χ0n) is 7.83. The van der Waals surface area contributed by atoms with Gasteiger partial charge in [-0.05, 0) is 20.8 Å².